The fourth-order valence-electron chi connectivity index (χ4n) is 2.04. The van der Waals surface area contributed by atoms with Crippen LogP contribution in [0, 0.1) is 0 Å². The van der Waals surface area contributed by atoms with E-state index >= 15 is 0 Å². The summed E-state index contributed by atoms with van der Waals surface area (Å²) >= 11 is 0. The number of ether oxygens (including phenoxy) is 1. The lowest BCUT2D eigenvalue weighted by molar-refractivity contribution is -0.138. The van der Waals surface area contributed by atoms with E-state index in [0.29, 0.717) is 6.42 Å². The number of carboxylic acids is 1. The van der Waals surface area contributed by atoms with Crippen molar-refractivity contribution in [3.05, 3.63) is 54.1 Å². The zero-order chi connectivity index (χ0) is 14.5. The number of carboxylic acid groups (broad SMARTS) is 1. The van der Waals surface area contributed by atoms with E-state index in [-0.39, 0.29) is 0 Å². The number of hydrogen-bond donors (Lipinski definition) is 2. The Bertz CT molecular complexity index is 593. The lowest BCUT2D eigenvalue weighted by Crippen LogP contribution is -2.32. The van der Waals surface area contributed by atoms with Crippen LogP contribution in [0.25, 0.3) is 11.1 Å². The van der Waals surface area contributed by atoms with Gasteiger partial charge >= 0.3 is 5.97 Å². The fourth-order valence-corrected chi connectivity index (χ4v) is 2.04. The fraction of sp³-hybridized carbons (Fsp3) is 0.188. The summed E-state index contributed by atoms with van der Waals surface area (Å²) in [5, 5.41) is 8.80. The first-order chi connectivity index (χ1) is 9.61. The summed E-state index contributed by atoms with van der Waals surface area (Å²) in [6, 6.07) is 14.6. The summed E-state index contributed by atoms with van der Waals surface area (Å²) < 4.78 is 5.33. The number of methoxy groups -OCH3 is 1. The molecule has 0 fully saturated rings. The number of para-hydroxylation sites is 1. The third-order valence-corrected chi connectivity index (χ3v) is 3.14. The molecule has 2 aromatic carbocycles. The predicted molar refractivity (Wildman–Crippen MR) is 77.7 cm³/mol. The minimum Gasteiger partial charge on any atom is -0.496 e. The largest absolute Gasteiger partial charge is 0.496 e. The van der Waals surface area contributed by atoms with Gasteiger partial charge in [0.05, 0.1) is 7.11 Å². The summed E-state index contributed by atoms with van der Waals surface area (Å²) in [4.78, 5) is 10.7. The van der Waals surface area contributed by atoms with Gasteiger partial charge in [-0.25, -0.2) is 0 Å². The molecule has 104 valence electrons. The van der Waals surface area contributed by atoms with Crippen molar-refractivity contribution in [2.24, 2.45) is 5.73 Å². The predicted octanol–water partition coefficient (Wildman–Crippen LogP) is 2.32. The van der Waals surface area contributed by atoms with Gasteiger partial charge in [0.1, 0.15) is 11.8 Å². The van der Waals surface area contributed by atoms with Crippen LogP contribution in [0.1, 0.15) is 5.56 Å². The quantitative estimate of drug-likeness (QED) is 0.875. The van der Waals surface area contributed by atoms with Crippen LogP contribution in [0.3, 0.4) is 0 Å². The average molecular weight is 271 g/mol. The Morgan fingerprint density at radius 2 is 1.85 bits per heavy atom. The van der Waals surface area contributed by atoms with Crippen molar-refractivity contribution >= 4 is 5.97 Å². The monoisotopic (exact) mass is 271 g/mol. The van der Waals surface area contributed by atoms with Crippen LogP contribution in [-0.2, 0) is 11.2 Å². The molecule has 2 aromatic rings. The van der Waals surface area contributed by atoms with E-state index in [0.717, 1.165) is 22.4 Å². The molecule has 0 radical (unpaired) electrons. The SMILES string of the molecule is COc1ccccc1-c1ccc(CC(N)C(=O)O)cc1. The van der Waals surface area contributed by atoms with Crippen LogP contribution < -0.4 is 10.5 Å². The molecule has 2 rings (SSSR count). The Kier molecular flexibility index (Phi) is 4.38. The third-order valence-electron chi connectivity index (χ3n) is 3.14. The van der Waals surface area contributed by atoms with Crippen molar-refractivity contribution in [3.63, 3.8) is 0 Å². The topological polar surface area (TPSA) is 72.5 Å². The van der Waals surface area contributed by atoms with E-state index in [1.807, 2.05) is 48.5 Å². The number of nitrogens with two attached hydrogens (primary N) is 1. The van der Waals surface area contributed by atoms with Crippen LogP contribution >= 0.6 is 0 Å². The molecule has 4 heteroatoms. The number of benzene rings is 2. The van der Waals surface area contributed by atoms with Crippen molar-refractivity contribution in [3.8, 4) is 16.9 Å². The van der Waals surface area contributed by atoms with Gasteiger partial charge in [-0.05, 0) is 23.6 Å². The normalized spacial score (nSPS) is 11.9. The van der Waals surface area contributed by atoms with E-state index in [2.05, 4.69) is 0 Å². The second kappa shape index (κ2) is 6.21. The number of rotatable bonds is 5. The third kappa shape index (κ3) is 3.16. The zero-order valence-corrected chi connectivity index (χ0v) is 11.2. The Hall–Kier alpha value is -2.33. The lowest BCUT2D eigenvalue weighted by Gasteiger charge is -2.10. The molecule has 1 atom stereocenters. The first-order valence-corrected chi connectivity index (χ1v) is 6.32. The molecule has 0 heterocycles. The first kappa shape index (κ1) is 14.1. The molecular weight excluding hydrogens is 254 g/mol. The molecule has 0 spiro atoms. The van der Waals surface area contributed by atoms with Crippen molar-refractivity contribution in [1.29, 1.82) is 0 Å². The van der Waals surface area contributed by atoms with E-state index in [1.165, 1.54) is 0 Å². The summed E-state index contributed by atoms with van der Waals surface area (Å²) in [6.45, 7) is 0. The standard InChI is InChI=1S/C16H17NO3/c1-20-15-5-3-2-4-13(15)12-8-6-11(7-9-12)10-14(17)16(18)19/h2-9,14H,10,17H2,1H3,(H,18,19). The van der Waals surface area contributed by atoms with E-state index in [9.17, 15) is 4.79 Å². The number of carbonyl (C=O) groups is 1. The maximum atomic E-state index is 10.7. The van der Waals surface area contributed by atoms with Crippen LogP contribution in [0.4, 0.5) is 0 Å². The van der Waals surface area contributed by atoms with Crippen molar-refractivity contribution < 1.29 is 14.6 Å². The highest BCUT2D eigenvalue weighted by atomic mass is 16.5. The summed E-state index contributed by atoms with van der Waals surface area (Å²) in [5.41, 5.74) is 8.45. The molecule has 0 aliphatic heterocycles. The van der Waals surface area contributed by atoms with E-state index in [1.54, 1.807) is 7.11 Å². The minimum atomic E-state index is -0.987. The number of hydrogen-bond acceptors (Lipinski definition) is 3. The molecule has 0 saturated carbocycles. The lowest BCUT2D eigenvalue weighted by atomic mass is 10.0. The van der Waals surface area contributed by atoms with Crippen LogP contribution in [0.2, 0.25) is 0 Å². The molecule has 0 aliphatic rings. The van der Waals surface area contributed by atoms with Crippen molar-refractivity contribution in [1.82, 2.24) is 0 Å². The highest BCUT2D eigenvalue weighted by Crippen LogP contribution is 2.29. The molecule has 0 aromatic heterocycles. The van der Waals surface area contributed by atoms with Crippen molar-refractivity contribution in [2.45, 2.75) is 12.5 Å². The Labute approximate surface area is 117 Å². The van der Waals surface area contributed by atoms with Crippen LogP contribution in [0.15, 0.2) is 48.5 Å². The molecule has 1 unspecified atom stereocenters. The highest BCUT2D eigenvalue weighted by molar-refractivity contribution is 5.74. The van der Waals surface area contributed by atoms with E-state index < -0.39 is 12.0 Å². The zero-order valence-electron chi connectivity index (χ0n) is 11.2. The summed E-state index contributed by atoms with van der Waals surface area (Å²) in [5.74, 6) is -0.179. The second-order valence-corrected chi connectivity index (χ2v) is 4.55. The van der Waals surface area contributed by atoms with Gasteiger partial charge in [-0.15, -0.1) is 0 Å². The molecule has 4 nitrogen and oxygen atoms in total. The first-order valence-electron chi connectivity index (χ1n) is 6.32. The summed E-state index contributed by atoms with van der Waals surface area (Å²) in [7, 11) is 1.64. The van der Waals surface area contributed by atoms with E-state index in [4.69, 9.17) is 15.6 Å². The van der Waals surface area contributed by atoms with Gasteiger partial charge in [0.2, 0.25) is 0 Å². The van der Waals surface area contributed by atoms with Crippen LogP contribution in [0.5, 0.6) is 5.75 Å². The maximum absolute atomic E-state index is 10.7. The van der Waals surface area contributed by atoms with Gasteiger partial charge in [-0.3, -0.25) is 4.79 Å². The maximum Gasteiger partial charge on any atom is 0.320 e. The molecule has 0 saturated heterocycles. The Morgan fingerprint density at radius 1 is 1.20 bits per heavy atom. The molecular formula is C16H17NO3. The van der Waals surface area contributed by atoms with Crippen molar-refractivity contribution in [2.75, 3.05) is 7.11 Å². The highest BCUT2D eigenvalue weighted by Gasteiger charge is 2.12. The number of aliphatic carboxylic acids is 1. The summed E-state index contributed by atoms with van der Waals surface area (Å²) in [6.07, 6.45) is 0.321. The second-order valence-electron chi connectivity index (χ2n) is 4.55. The average Bonchev–Trinajstić information content (AvgIpc) is 2.48. The smallest absolute Gasteiger partial charge is 0.320 e. The van der Waals surface area contributed by atoms with Gasteiger partial charge < -0.3 is 15.6 Å². The molecule has 0 aliphatic carbocycles. The van der Waals surface area contributed by atoms with Gasteiger partial charge in [-0.2, -0.15) is 0 Å². The Morgan fingerprint density at radius 3 is 2.45 bits per heavy atom. The van der Waals surface area contributed by atoms with Gasteiger partial charge in [0.25, 0.3) is 0 Å². The molecule has 0 bridgehead atoms. The Balaban J connectivity index is 2.22. The van der Waals surface area contributed by atoms with Gasteiger partial charge in [0.15, 0.2) is 0 Å². The van der Waals surface area contributed by atoms with Gasteiger partial charge in [-0.1, -0.05) is 42.5 Å². The molecule has 0 amide bonds. The molecule has 3 N–H and O–H groups in total. The van der Waals surface area contributed by atoms with Crippen LogP contribution in [-0.4, -0.2) is 24.2 Å². The van der Waals surface area contributed by atoms with Gasteiger partial charge in [0, 0.05) is 5.56 Å². The minimum absolute atomic E-state index is 0.321. The molecule has 20 heavy (non-hydrogen) atoms.